The van der Waals surface area contributed by atoms with Gasteiger partial charge in [0.25, 0.3) is 0 Å². The van der Waals surface area contributed by atoms with Gasteiger partial charge >= 0.3 is 0 Å². The van der Waals surface area contributed by atoms with E-state index in [4.69, 9.17) is 5.73 Å². The topological polar surface area (TPSA) is 50.4 Å². The lowest BCUT2D eigenvalue weighted by Gasteiger charge is -2.20. The van der Waals surface area contributed by atoms with Crippen molar-refractivity contribution in [1.29, 1.82) is 0 Å². The molecule has 96 valence electrons. The van der Waals surface area contributed by atoms with Gasteiger partial charge in [-0.25, -0.2) is 0 Å². The molecule has 0 saturated heterocycles. The second-order valence-corrected chi connectivity index (χ2v) is 6.30. The molecular formula is C11H24IN3S. The minimum atomic E-state index is 0. The lowest BCUT2D eigenvalue weighted by Crippen LogP contribution is -2.39. The molecule has 16 heavy (non-hydrogen) atoms. The minimum absolute atomic E-state index is 0. The Morgan fingerprint density at radius 1 is 1.44 bits per heavy atom. The number of hydrogen-bond donors (Lipinski definition) is 2. The van der Waals surface area contributed by atoms with Gasteiger partial charge in [0.2, 0.25) is 0 Å². The smallest absolute Gasteiger partial charge is 0.188 e. The van der Waals surface area contributed by atoms with Crippen LogP contribution < -0.4 is 11.1 Å². The van der Waals surface area contributed by atoms with Gasteiger partial charge in [0, 0.05) is 10.8 Å². The number of halogens is 1. The summed E-state index contributed by atoms with van der Waals surface area (Å²) >= 11 is 1.82. The van der Waals surface area contributed by atoms with Crippen LogP contribution in [-0.2, 0) is 0 Å². The zero-order valence-electron chi connectivity index (χ0n) is 10.5. The molecule has 0 bridgehead atoms. The fraction of sp³-hybridized carbons (Fsp3) is 0.909. The van der Waals surface area contributed by atoms with Crippen molar-refractivity contribution in [3.05, 3.63) is 0 Å². The summed E-state index contributed by atoms with van der Waals surface area (Å²) in [4.78, 5) is 4.39. The molecule has 1 fully saturated rings. The molecule has 0 unspecified atom stereocenters. The van der Waals surface area contributed by atoms with Gasteiger partial charge in [0.15, 0.2) is 5.96 Å². The second kappa shape index (κ2) is 7.63. The molecule has 0 atom stereocenters. The van der Waals surface area contributed by atoms with Gasteiger partial charge < -0.3 is 11.1 Å². The first-order valence-electron chi connectivity index (χ1n) is 5.65. The van der Waals surface area contributed by atoms with Crippen LogP contribution in [0.3, 0.4) is 0 Å². The first kappa shape index (κ1) is 16.4. The highest BCUT2D eigenvalue weighted by Crippen LogP contribution is 2.21. The Labute approximate surface area is 120 Å². The molecule has 1 rings (SSSR count). The summed E-state index contributed by atoms with van der Waals surface area (Å²) in [6, 6.07) is 0.561. The van der Waals surface area contributed by atoms with Gasteiger partial charge in [-0.15, -0.1) is 24.0 Å². The molecular weight excluding hydrogens is 333 g/mol. The Balaban J connectivity index is 0.00000225. The molecule has 0 radical (unpaired) electrons. The van der Waals surface area contributed by atoms with Crippen molar-refractivity contribution in [3.8, 4) is 0 Å². The molecule has 3 nitrogen and oxygen atoms in total. The lowest BCUT2D eigenvalue weighted by molar-refractivity contribution is 0.621. The van der Waals surface area contributed by atoms with Gasteiger partial charge in [-0.05, 0) is 32.9 Å². The fourth-order valence-corrected chi connectivity index (χ4v) is 1.86. The van der Waals surface area contributed by atoms with E-state index in [-0.39, 0.29) is 28.7 Å². The van der Waals surface area contributed by atoms with E-state index in [0.717, 1.165) is 6.54 Å². The van der Waals surface area contributed by atoms with Crippen molar-refractivity contribution in [1.82, 2.24) is 5.32 Å². The maximum absolute atomic E-state index is 5.85. The predicted molar refractivity (Wildman–Crippen MR) is 84.9 cm³/mol. The normalized spacial score (nSPS) is 18.3. The van der Waals surface area contributed by atoms with Crippen LogP contribution in [-0.4, -0.2) is 29.5 Å². The Bertz CT molecular complexity index is 225. The van der Waals surface area contributed by atoms with E-state index < -0.39 is 0 Å². The van der Waals surface area contributed by atoms with Crippen LogP contribution >= 0.6 is 35.7 Å². The number of thioether (sulfide) groups is 1. The third-order valence-electron chi connectivity index (χ3n) is 2.89. The molecule has 1 aliphatic carbocycles. The highest BCUT2D eigenvalue weighted by molar-refractivity contribution is 14.0. The van der Waals surface area contributed by atoms with Gasteiger partial charge in [0.1, 0.15) is 0 Å². The quantitative estimate of drug-likeness (QED) is 0.462. The van der Waals surface area contributed by atoms with Crippen molar-refractivity contribution >= 4 is 41.7 Å². The summed E-state index contributed by atoms with van der Waals surface area (Å²) in [5, 5.41) is 3.29. The Kier molecular flexibility index (Phi) is 7.80. The van der Waals surface area contributed by atoms with Crippen molar-refractivity contribution in [3.63, 3.8) is 0 Å². The van der Waals surface area contributed by atoms with Crippen molar-refractivity contribution in [2.75, 3.05) is 12.8 Å². The first-order valence-corrected chi connectivity index (χ1v) is 6.87. The van der Waals surface area contributed by atoms with E-state index in [1.165, 1.54) is 25.7 Å². The number of nitrogens with one attached hydrogen (secondary N) is 1. The molecule has 1 saturated carbocycles. The summed E-state index contributed by atoms with van der Waals surface area (Å²) in [6.45, 7) is 5.15. The number of aliphatic imine (C=N–C) groups is 1. The molecule has 0 aromatic carbocycles. The van der Waals surface area contributed by atoms with Crippen LogP contribution in [0.15, 0.2) is 4.99 Å². The van der Waals surface area contributed by atoms with E-state index >= 15 is 0 Å². The summed E-state index contributed by atoms with van der Waals surface area (Å²) in [5.41, 5.74) is 5.85. The summed E-state index contributed by atoms with van der Waals surface area (Å²) in [7, 11) is 0. The van der Waals surface area contributed by atoms with E-state index in [1.807, 2.05) is 11.8 Å². The Morgan fingerprint density at radius 3 is 2.50 bits per heavy atom. The molecule has 0 aromatic rings. The van der Waals surface area contributed by atoms with E-state index in [2.05, 4.69) is 30.4 Å². The summed E-state index contributed by atoms with van der Waals surface area (Å²) in [6.07, 6.45) is 7.23. The largest absolute Gasteiger partial charge is 0.370 e. The zero-order valence-corrected chi connectivity index (χ0v) is 13.6. The average Bonchev–Trinajstić information content (AvgIpc) is 2.68. The Morgan fingerprint density at radius 2 is 2.00 bits per heavy atom. The zero-order chi connectivity index (χ0) is 11.3. The third kappa shape index (κ3) is 6.18. The molecule has 0 amide bonds. The highest BCUT2D eigenvalue weighted by atomic mass is 127. The standard InChI is InChI=1S/C11H23N3S.HI/c1-11(2,15-3)8-13-10(12)14-9-6-4-5-7-9;/h9H,4-8H2,1-3H3,(H3,12,13,14);1H. The SMILES string of the molecule is CSC(C)(C)CN=C(N)NC1CCCC1.I. The average molecular weight is 357 g/mol. The molecule has 0 aliphatic heterocycles. The maximum Gasteiger partial charge on any atom is 0.188 e. The van der Waals surface area contributed by atoms with Crippen LogP contribution in [0.2, 0.25) is 0 Å². The van der Waals surface area contributed by atoms with Gasteiger partial charge in [-0.1, -0.05) is 12.8 Å². The van der Waals surface area contributed by atoms with Crippen molar-refractivity contribution < 1.29 is 0 Å². The Hall–Kier alpha value is 0.350. The predicted octanol–water partition coefficient (Wildman–Crippen LogP) is 2.59. The number of guanidine groups is 1. The van der Waals surface area contributed by atoms with Gasteiger partial charge in [0.05, 0.1) is 6.54 Å². The van der Waals surface area contributed by atoms with E-state index in [9.17, 15) is 0 Å². The fourth-order valence-electron chi connectivity index (χ4n) is 1.67. The third-order valence-corrected chi connectivity index (χ3v) is 4.12. The minimum Gasteiger partial charge on any atom is -0.370 e. The second-order valence-electron chi connectivity index (χ2n) is 4.79. The molecule has 3 N–H and O–H groups in total. The monoisotopic (exact) mass is 357 g/mol. The number of nitrogens with two attached hydrogens (primary N) is 1. The van der Waals surface area contributed by atoms with Gasteiger partial charge in [-0.2, -0.15) is 11.8 Å². The van der Waals surface area contributed by atoms with Crippen molar-refractivity contribution in [2.24, 2.45) is 10.7 Å². The van der Waals surface area contributed by atoms with Crippen LogP contribution in [0.1, 0.15) is 39.5 Å². The summed E-state index contributed by atoms with van der Waals surface area (Å²) in [5.74, 6) is 0.615. The van der Waals surface area contributed by atoms with Crippen LogP contribution in [0.25, 0.3) is 0 Å². The van der Waals surface area contributed by atoms with Crippen LogP contribution in [0, 0.1) is 0 Å². The highest BCUT2D eigenvalue weighted by Gasteiger charge is 2.17. The van der Waals surface area contributed by atoms with Crippen LogP contribution in [0.4, 0.5) is 0 Å². The van der Waals surface area contributed by atoms with E-state index in [0.29, 0.717) is 12.0 Å². The van der Waals surface area contributed by atoms with Crippen molar-refractivity contribution in [2.45, 2.75) is 50.3 Å². The lowest BCUT2D eigenvalue weighted by atomic mass is 10.2. The van der Waals surface area contributed by atoms with E-state index in [1.54, 1.807) is 0 Å². The molecule has 0 aromatic heterocycles. The molecule has 0 spiro atoms. The summed E-state index contributed by atoms with van der Waals surface area (Å²) < 4.78 is 0.183. The molecule has 5 heteroatoms. The van der Waals surface area contributed by atoms with Crippen LogP contribution in [0.5, 0.6) is 0 Å². The maximum atomic E-state index is 5.85. The van der Waals surface area contributed by atoms with Gasteiger partial charge in [-0.3, -0.25) is 4.99 Å². The molecule has 1 aliphatic rings. The molecule has 0 heterocycles. The number of nitrogens with zero attached hydrogens (tertiary/aromatic N) is 1. The number of rotatable bonds is 4. The number of hydrogen-bond acceptors (Lipinski definition) is 2. The first-order chi connectivity index (χ1) is 7.03.